The fourth-order valence-electron chi connectivity index (χ4n) is 2.27. The number of amidine groups is 2. The van der Waals surface area contributed by atoms with Crippen LogP contribution in [-0.4, -0.2) is 46.4 Å². The van der Waals surface area contributed by atoms with Crippen LogP contribution >= 0.6 is 11.8 Å². The fourth-order valence-corrected chi connectivity index (χ4v) is 3.19. The molecule has 3 rings (SSSR count). The molecule has 1 aromatic rings. The summed E-state index contributed by atoms with van der Waals surface area (Å²) in [6.07, 6.45) is 1.53. The minimum Gasteiger partial charge on any atom is -0.394 e. The Morgan fingerprint density at radius 3 is 2.91 bits per heavy atom. The number of hydrazone groups is 1. The number of benzene rings is 1. The van der Waals surface area contributed by atoms with Crippen LogP contribution in [-0.2, 0) is 10.5 Å². The van der Waals surface area contributed by atoms with E-state index < -0.39 is 5.92 Å². The summed E-state index contributed by atoms with van der Waals surface area (Å²) in [5, 5.41) is 15.2. The van der Waals surface area contributed by atoms with Crippen LogP contribution in [0.4, 0.5) is 0 Å². The molecule has 7 heteroatoms. The normalized spacial score (nSPS) is 20.0. The molecular weight excluding hydrogens is 300 g/mol. The Kier molecular flexibility index (Phi) is 4.35. The monoisotopic (exact) mass is 316 g/mol. The van der Waals surface area contributed by atoms with Crippen molar-refractivity contribution in [1.82, 2.24) is 5.01 Å². The Balaban J connectivity index is 1.73. The van der Waals surface area contributed by atoms with Gasteiger partial charge in [-0.2, -0.15) is 10.1 Å². The number of amides is 1. The summed E-state index contributed by atoms with van der Waals surface area (Å²) in [5.74, 6) is 0.512. The van der Waals surface area contributed by atoms with Gasteiger partial charge in [-0.25, -0.2) is 10.0 Å². The average molecular weight is 316 g/mol. The number of rotatable bonds is 4. The molecule has 0 aromatic heterocycles. The molecule has 1 unspecified atom stereocenters. The molecule has 0 saturated carbocycles. The number of carbonyl (C=O) groups excluding carboxylic acids is 1. The second-order valence-electron chi connectivity index (χ2n) is 5.01. The van der Waals surface area contributed by atoms with Crippen LogP contribution in [0.25, 0.3) is 0 Å². The molecule has 2 aliphatic heterocycles. The van der Waals surface area contributed by atoms with Crippen molar-refractivity contribution in [3.8, 4) is 0 Å². The van der Waals surface area contributed by atoms with Crippen molar-refractivity contribution in [2.24, 2.45) is 21.0 Å². The zero-order valence-corrected chi connectivity index (χ0v) is 13.0. The van der Waals surface area contributed by atoms with E-state index >= 15 is 0 Å². The first-order chi connectivity index (χ1) is 10.7. The molecule has 1 aromatic carbocycles. The Bertz CT molecular complexity index is 684. The van der Waals surface area contributed by atoms with Crippen LogP contribution in [0.1, 0.15) is 11.1 Å². The molecule has 0 bridgehead atoms. The van der Waals surface area contributed by atoms with E-state index in [9.17, 15) is 4.79 Å². The van der Waals surface area contributed by atoms with Crippen LogP contribution in [0.3, 0.4) is 0 Å². The van der Waals surface area contributed by atoms with E-state index in [0.29, 0.717) is 23.3 Å². The second kappa shape index (κ2) is 6.41. The number of hydrogen-bond acceptors (Lipinski definition) is 6. The van der Waals surface area contributed by atoms with Crippen molar-refractivity contribution in [2.75, 3.05) is 13.2 Å². The van der Waals surface area contributed by atoms with E-state index in [1.54, 1.807) is 5.01 Å². The summed E-state index contributed by atoms with van der Waals surface area (Å²) in [6.45, 7) is 2.34. The first-order valence-electron chi connectivity index (χ1n) is 7.00. The van der Waals surface area contributed by atoms with Gasteiger partial charge in [-0.05, 0) is 18.1 Å². The number of nitrogens with zero attached hydrogens (tertiary/aromatic N) is 4. The topological polar surface area (TPSA) is 77.6 Å². The molecular formula is C15H16N4O2S. The predicted molar refractivity (Wildman–Crippen MR) is 88.1 cm³/mol. The number of fused-ring (bicyclic) bond motifs is 1. The molecule has 1 N–H and O–H groups in total. The Morgan fingerprint density at radius 1 is 1.32 bits per heavy atom. The highest BCUT2D eigenvalue weighted by molar-refractivity contribution is 8.13. The number of β-amino-alcohol motifs (C(OH)–C–C–N with tert-alkyl or cyclic N) is 1. The summed E-state index contributed by atoms with van der Waals surface area (Å²) in [5.41, 5.74) is 2.40. The number of aliphatic hydroxyl groups excluding tert-OH is 1. The van der Waals surface area contributed by atoms with Crippen molar-refractivity contribution in [3.05, 3.63) is 35.4 Å². The Morgan fingerprint density at radius 2 is 2.14 bits per heavy atom. The molecule has 0 saturated heterocycles. The summed E-state index contributed by atoms with van der Waals surface area (Å²) in [6, 6.07) is 8.10. The van der Waals surface area contributed by atoms with Gasteiger partial charge in [0, 0.05) is 12.0 Å². The van der Waals surface area contributed by atoms with Gasteiger partial charge in [-0.3, -0.25) is 4.79 Å². The third-order valence-corrected chi connectivity index (χ3v) is 4.41. The number of hydrogen-bond donors (Lipinski definition) is 1. The SMILES string of the molecule is Cc1ccccc1CSC1=NC(=O)C2C=NN(CCO)C2=N1. The van der Waals surface area contributed by atoms with Gasteiger partial charge in [0.25, 0.3) is 5.91 Å². The van der Waals surface area contributed by atoms with E-state index in [-0.39, 0.29) is 12.5 Å². The molecule has 2 aliphatic rings. The van der Waals surface area contributed by atoms with Gasteiger partial charge >= 0.3 is 0 Å². The Labute approximate surface area is 132 Å². The van der Waals surface area contributed by atoms with Gasteiger partial charge in [0.05, 0.1) is 13.2 Å². The molecule has 1 amide bonds. The smallest absolute Gasteiger partial charge is 0.264 e. The van der Waals surface area contributed by atoms with Gasteiger partial charge in [0.15, 0.2) is 5.17 Å². The summed E-state index contributed by atoms with van der Waals surface area (Å²) in [4.78, 5) is 20.5. The van der Waals surface area contributed by atoms with Gasteiger partial charge in [0.2, 0.25) is 0 Å². The van der Waals surface area contributed by atoms with Gasteiger partial charge in [-0.15, -0.1) is 0 Å². The van der Waals surface area contributed by atoms with Crippen LogP contribution < -0.4 is 0 Å². The fraction of sp³-hybridized carbons (Fsp3) is 0.333. The molecule has 0 fully saturated rings. The molecule has 0 spiro atoms. The number of aliphatic hydroxyl groups is 1. The highest BCUT2D eigenvalue weighted by Gasteiger charge is 2.35. The standard InChI is InChI=1S/C15H16N4O2S/c1-10-4-2-3-5-11(10)9-22-15-17-13-12(14(21)18-15)8-16-19(13)6-7-20/h2-5,8,12,20H,6-7,9H2,1H3. The lowest BCUT2D eigenvalue weighted by molar-refractivity contribution is -0.118. The van der Waals surface area contributed by atoms with Gasteiger partial charge in [0.1, 0.15) is 11.8 Å². The van der Waals surface area contributed by atoms with E-state index in [4.69, 9.17) is 5.11 Å². The van der Waals surface area contributed by atoms with E-state index in [2.05, 4.69) is 34.1 Å². The molecule has 0 aliphatic carbocycles. The van der Waals surface area contributed by atoms with Crippen molar-refractivity contribution >= 4 is 34.9 Å². The van der Waals surface area contributed by atoms with Gasteiger partial charge < -0.3 is 5.11 Å². The lowest BCUT2D eigenvalue weighted by atomic mass is 10.1. The lowest BCUT2D eigenvalue weighted by Crippen LogP contribution is -2.35. The molecule has 1 atom stereocenters. The maximum Gasteiger partial charge on any atom is 0.264 e. The largest absolute Gasteiger partial charge is 0.394 e. The Hall–Kier alpha value is -1.99. The van der Waals surface area contributed by atoms with E-state index in [1.165, 1.54) is 29.1 Å². The maximum absolute atomic E-state index is 12.1. The van der Waals surface area contributed by atoms with Crippen molar-refractivity contribution in [3.63, 3.8) is 0 Å². The number of carbonyl (C=O) groups is 1. The first kappa shape index (κ1) is 14.9. The quantitative estimate of drug-likeness (QED) is 0.911. The average Bonchev–Trinajstić information content (AvgIpc) is 2.91. The minimum absolute atomic E-state index is 0.0416. The lowest BCUT2D eigenvalue weighted by Gasteiger charge is -2.19. The third kappa shape index (κ3) is 2.95. The second-order valence-corrected chi connectivity index (χ2v) is 5.95. The highest BCUT2D eigenvalue weighted by atomic mass is 32.2. The maximum atomic E-state index is 12.1. The molecule has 0 radical (unpaired) electrons. The number of aryl methyl sites for hydroxylation is 1. The zero-order valence-electron chi connectivity index (χ0n) is 12.1. The van der Waals surface area contributed by atoms with Crippen LogP contribution in [0.2, 0.25) is 0 Å². The number of aliphatic imine (C=N–C) groups is 2. The van der Waals surface area contributed by atoms with Gasteiger partial charge in [-0.1, -0.05) is 36.0 Å². The van der Waals surface area contributed by atoms with Crippen molar-refractivity contribution in [2.45, 2.75) is 12.7 Å². The van der Waals surface area contributed by atoms with Crippen LogP contribution in [0.5, 0.6) is 0 Å². The van der Waals surface area contributed by atoms with E-state index in [1.807, 2.05) is 12.1 Å². The predicted octanol–water partition coefficient (Wildman–Crippen LogP) is 1.43. The minimum atomic E-state index is -0.505. The summed E-state index contributed by atoms with van der Waals surface area (Å²) < 4.78 is 0. The number of thioether (sulfide) groups is 1. The first-order valence-corrected chi connectivity index (χ1v) is 7.98. The molecule has 6 nitrogen and oxygen atoms in total. The molecule has 2 heterocycles. The molecule has 114 valence electrons. The van der Waals surface area contributed by atoms with Crippen LogP contribution in [0.15, 0.2) is 39.4 Å². The van der Waals surface area contributed by atoms with Crippen molar-refractivity contribution < 1.29 is 9.90 Å². The summed E-state index contributed by atoms with van der Waals surface area (Å²) >= 11 is 1.43. The van der Waals surface area contributed by atoms with E-state index in [0.717, 1.165) is 0 Å². The highest BCUT2D eigenvalue weighted by Crippen LogP contribution is 2.24. The third-order valence-electron chi connectivity index (χ3n) is 3.51. The van der Waals surface area contributed by atoms with Crippen molar-refractivity contribution in [1.29, 1.82) is 0 Å². The van der Waals surface area contributed by atoms with Crippen LogP contribution in [0, 0.1) is 12.8 Å². The molecule has 22 heavy (non-hydrogen) atoms. The zero-order chi connectivity index (χ0) is 15.5. The summed E-state index contributed by atoms with van der Waals surface area (Å²) in [7, 11) is 0.